The van der Waals surface area contributed by atoms with Crippen molar-refractivity contribution in [2.24, 2.45) is 5.92 Å². The predicted molar refractivity (Wildman–Crippen MR) is 64.7 cm³/mol. The average Bonchev–Trinajstić information content (AvgIpc) is 2.78. The van der Waals surface area contributed by atoms with E-state index < -0.39 is 0 Å². The largest absolute Gasteiger partial charge is 0.378 e. The summed E-state index contributed by atoms with van der Waals surface area (Å²) in [7, 11) is 0. The summed E-state index contributed by atoms with van der Waals surface area (Å²) in [6.07, 6.45) is 5.61. The van der Waals surface area contributed by atoms with Gasteiger partial charge in [-0.25, -0.2) is 0 Å². The fourth-order valence-electron chi connectivity index (χ4n) is 2.15. The van der Waals surface area contributed by atoms with Gasteiger partial charge in [0.15, 0.2) is 5.82 Å². The molecule has 1 aliphatic heterocycles. The van der Waals surface area contributed by atoms with Gasteiger partial charge in [0.25, 0.3) is 0 Å². The first-order chi connectivity index (χ1) is 8.78. The first-order valence-electron chi connectivity index (χ1n) is 6.58. The zero-order chi connectivity index (χ0) is 12.8. The number of nitriles is 1. The molecule has 1 aromatic heterocycles. The van der Waals surface area contributed by atoms with Crippen LogP contribution in [0.5, 0.6) is 0 Å². The second-order valence-electron chi connectivity index (χ2n) is 4.97. The summed E-state index contributed by atoms with van der Waals surface area (Å²) >= 11 is 0. The predicted octanol–water partition coefficient (Wildman–Crippen LogP) is 2.27. The highest BCUT2D eigenvalue weighted by molar-refractivity contribution is 4.91. The molecule has 1 aromatic rings. The molecule has 18 heavy (non-hydrogen) atoms. The van der Waals surface area contributed by atoms with Crippen molar-refractivity contribution in [1.29, 1.82) is 5.26 Å². The summed E-state index contributed by atoms with van der Waals surface area (Å²) in [4.78, 5) is 4.36. The molecule has 1 fully saturated rings. The molecule has 0 aliphatic carbocycles. The quantitative estimate of drug-likeness (QED) is 0.800. The Balaban J connectivity index is 1.83. The second-order valence-corrected chi connectivity index (χ2v) is 4.97. The van der Waals surface area contributed by atoms with Crippen LogP contribution in [0, 0.1) is 17.2 Å². The SMILES string of the molecule is CC(CC#N)Cc1nc(CC2CCCCO2)no1. The summed E-state index contributed by atoms with van der Waals surface area (Å²) < 4.78 is 10.8. The van der Waals surface area contributed by atoms with Crippen LogP contribution in [0.15, 0.2) is 4.52 Å². The number of hydrogen-bond donors (Lipinski definition) is 0. The van der Waals surface area contributed by atoms with Gasteiger partial charge in [-0.15, -0.1) is 0 Å². The van der Waals surface area contributed by atoms with Crippen molar-refractivity contribution >= 4 is 0 Å². The van der Waals surface area contributed by atoms with Crippen LogP contribution < -0.4 is 0 Å². The van der Waals surface area contributed by atoms with E-state index in [-0.39, 0.29) is 12.0 Å². The first-order valence-corrected chi connectivity index (χ1v) is 6.58. The molecule has 0 aromatic carbocycles. The normalized spacial score (nSPS) is 21.4. The van der Waals surface area contributed by atoms with Gasteiger partial charge in [0.2, 0.25) is 5.89 Å². The molecule has 2 heterocycles. The Bertz CT molecular complexity index is 405. The van der Waals surface area contributed by atoms with Crippen molar-refractivity contribution in [3.8, 4) is 6.07 Å². The molecule has 2 unspecified atom stereocenters. The number of hydrogen-bond acceptors (Lipinski definition) is 5. The van der Waals surface area contributed by atoms with Crippen molar-refractivity contribution in [2.75, 3.05) is 6.61 Å². The molecule has 5 heteroatoms. The Morgan fingerprint density at radius 3 is 3.11 bits per heavy atom. The summed E-state index contributed by atoms with van der Waals surface area (Å²) in [5.74, 6) is 1.61. The number of ether oxygens (including phenoxy) is 1. The molecule has 5 nitrogen and oxygen atoms in total. The van der Waals surface area contributed by atoms with E-state index >= 15 is 0 Å². The standard InChI is InChI=1S/C13H19N3O2/c1-10(5-6-14)8-13-15-12(16-18-13)9-11-4-2-3-7-17-11/h10-11H,2-5,7-9H2,1H3. The van der Waals surface area contributed by atoms with E-state index in [0.717, 1.165) is 31.7 Å². The third kappa shape index (κ3) is 3.81. The molecule has 2 rings (SSSR count). The highest BCUT2D eigenvalue weighted by atomic mass is 16.5. The zero-order valence-corrected chi connectivity index (χ0v) is 10.8. The molecular formula is C13H19N3O2. The van der Waals surface area contributed by atoms with E-state index in [2.05, 4.69) is 16.2 Å². The second kappa shape index (κ2) is 6.50. The topological polar surface area (TPSA) is 71.9 Å². The van der Waals surface area contributed by atoms with Gasteiger partial charge in [0.05, 0.1) is 12.2 Å². The van der Waals surface area contributed by atoms with E-state index in [0.29, 0.717) is 18.7 Å². The smallest absolute Gasteiger partial charge is 0.226 e. The zero-order valence-electron chi connectivity index (χ0n) is 10.8. The minimum absolute atomic E-state index is 0.237. The van der Waals surface area contributed by atoms with Crippen molar-refractivity contribution in [3.63, 3.8) is 0 Å². The monoisotopic (exact) mass is 249 g/mol. The number of aromatic nitrogens is 2. The molecular weight excluding hydrogens is 230 g/mol. The minimum Gasteiger partial charge on any atom is -0.378 e. The van der Waals surface area contributed by atoms with Gasteiger partial charge in [-0.2, -0.15) is 10.2 Å². The van der Waals surface area contributed by atoms with Crippen LogP contribution in [0.25, 0.3) is 0 Å². The first kappa shape index (κ1) is 13.0. The molecule has 0 N–H and O–H groups in total. The molecule has 98 valence electrons. The van der Waals surface area contributed by atoms with Crippen LogP contribution in [0.4, 0.5) is 0 Å². The summed E-state index contributed by atoms with van der Waals surface area (Å²) in [5, 5.41) is 12.6. The average molecular weight is 249 g/mol. The Morgan fingerprint density at radius 1 is 1.50 bits per heavy atom. The fraction of sp³-hybridized carbons (Fsp3) is 0.769. The highest BCUT2D eigenvalue weighted by Crippen LogP contribution is 2.16. The van der Waals surface area contributed by atoms with Crippen LogP contribution in [0.3, 0.4) is 0 Å². The van der Waals surface area contributed by atoms with E-state index in [1.165, 1.54) is 6.42 Å². The van der Waals surface area contributed by atoms with Crippen molar-refractivity contribution in [3.05, 3.63) is 11.7 Å². The van der Waals surface area contributed by atoms with Crippen molar-refractivity contribution in [2.45, 2.75) is 51.6 Å². The lowest BCUT2D eigenvalue weighted by molar-refractivity contribution is 0.0153. The summed E-state index contributed by atoms with van der Waals surface area (Å²) in [5.41, 5.74) is 0. The maximum absolute atomic E-state index is 8.60. The van der Waals surface area contributed by atoms with Crippen LogP contribution in [0.2, 0.25) is 0 Å². The Labute approximate surface area is 107 Å². The molecule has 2 atom stereocenters. The van der Waals surface area contributed by atoms with Gasteiger partial charge in [-0.05, 0) is 25.2 Å². The Hall–Kier alpha value is -1.41. The van der Waals surface area contributed by atoms with Gasteiger partial charge >= 0.3 is 0 Å². The molecule has 0 saturated carbocycles. The summed E-state index contributed by atoms with van der Waals surface area (Å²) in [6.45, 7) is 2.85. The molecule has 1 aliphatic rings. The molecule has 1 saturated heterocycles. The van der Waals surface area contributed by atoms with Crippen molar-refractivity contribution in [1.82, 2.24) is 10.1 Å². The fourth-order valence-corrected chi connectivity index (χ4v) is 2.15. The van der Waals surface area contributed by atoms with E-state index in [9.17, 15) is 0 Å². The molecule has 0 bridgehead atoms. The maximum atomic E-state index is 8.60. The lowest BCUT2D eigenvalue weighted by Crippen LogP contribution is -2.21. The van der Waals surface area contributed by atoms with E-state index in [4.69, 9.17) is 14.5 Å². The number of rotatable bonds is 5. The molecule has 0 amide bonds. The summed E-state index contributed by atoms with van der Waals surface area (Å²) in [6, 6.07) is 2.15. The minimum atomic E-state index is 0.237. The molecule has 0 radical (unpaired) electrons. The van der Waals surface area contributed by atoms with Crippen LogP contribution in [-0.2, 0) is 17.6 Å². The van der Waals surface area contributed by atoms with E-state index in [1.54, 1.807) is 0 Å². The van der Waals surface area contributed by atoms with Gasteiger partial charge in [-0.3, -0.25) is 0 Å². The van der Waals surface area contributed by atoms with Crippen LogP contribution in [0.1, 0.15) is 44.3 Å². The third-order valence-corrected chi connectivity index (χ3v) is 3.16. The van der Waals surface area contributed by atoms with Crippen molar-refractivity contribution < 1.29 is 9.26 Å². The van der Waals surface area contributed by atoms with Gasteiger partial charge in [-0.1, -0.05) is 12.1 Å². The lowest BCUT2D eigenvalue weighted by Gasteiger charge is -2.20. The highest BCUT2D eigenvalue weighted by Gasteiger charge is 2.18. The van der Waals surface area contributed by atoms with Gasteiger partial charge in [0, 0.05) is 25.9 Å². The van der Waals surface area contributed by atoms with Crippen LogP contribution >= 0.6 is 0 Å². The van der Waals surface area contributed by atoms with E-state index in [1.807, 2.05) is 6.92 Å². The number of nitrogens with zero attached hydrogens (tertiary/aromatic N) is 3. The lowest BCUT2D eigenvalue weighted by atomic mass is 10.1. The maximum Gasteiger partial charge on any atom is 0.226 e. The third-order valence-electron chi connectivity index (χ3n) is 3.16. The van der Waals surface area contributed by atoms with Gasteiger partial charge in [0.1, 0.15) is 0 Å². The van der Waals surface area contributed by atoms with Gasteiger partial charge < -0.3 is 9.26 Å². The molecule has 0 spiro atoms. The Kier molecular flexibility index (Phi) is 4.71. The van der Waals surface area contributed by atoms with Crippen LogP contribution in [-0.4, -0.2) is 22.9 Å². The Morgan fingerprint density at radius 2 is 2.39 bits per heavy atom.